The normalized spacial score (nSPS) is 14.1. The van der Waals surface area contributed by atoms with Crippen LogP contribution in [0.1, 0.15) is 31.0 Å². The first kappa shape index (κ1) is 11.0. The van der Waals surface area contributed by atoms with Crippen LogP contribution in [0.3, 0.4) is 0 Å². The Morgan fingerprint density at radius 3 is 2.36 bits per heavy atom. The molecule has 0 aromatic heterocycles. The van der Waals surface area contributed by atoms with E-state index < -0.39 is 17.3 Å². The van der Waals surface area contributed by atoms with Gasteiger partial charge in [0, 0.05) is 13.0 Å². The molecule has 14 heavy (non-hydrogen) atoms. The van der Waals surface area contributed by atoms with E-state index in [4.69, 9.17) is 5.73 Å². The maximum atomic E-state index is 13.0. The SMILES string of the molecule is C[C@@H](N)c1ccc(F)c(C(C)(F)F)c1. The van der Waals surface area contributed by atoms with E-state index in [9.17, 15) is 13.2 Å². The van der Waals surface area contributed by atoms with Crippen molar-refractivity contribution in [3.63, 3.8) is 0 Å². The van der Waals surface area contributed by atoms with E-state index in [1.54, 1.807) is 6.92 Å². The Morgan fingerprint density at radius 2 is 1.93 bits per heavy atom. The quantitative estimate of drug-likeness (QED) is 0.785. The molecular formula is C10H12F3N. The summed E-state index contributed by atoms with van der Waals surface area (Å²) >= 11 is 0. The molecule has 1 nitrogen and oxygen atoms in total. The Kier molecular flexibility index (Phi) is 2.85. The lowest BCUT2D eigenvalue weighted by molar-refractivity contribution is 0.0136. The monoisotopic (exact) mass is 203 g/mol. The van der Waals surface area contributed by atoms with Gasteiger partial charge in [0.05, 0.1) is 5.56 Å². The van der Waals surface area contributed by atoms with Crippen molar-refractivity contribution in [2.75, 3.05) is 0 Å². The molecule has 0 unspecified atom stereocenters. The molecule has 0 saturated carbocycles. The molecule has 1 aromatic carbocycles. The number of hydrogen-bond donors (Lipinski definition) is 1. The van der Waals surface area contributed by atoms with Crippen LogP contribution in [0.25, 0.3) is 0 Å². The van der Waals surface area contributed by atoms with Crippen molar-refractivity contribution in [1.82, 2.24) is 0 Å². The van der Waals surface area contributed by atoms with Crippen molar-refractivity contribution in [1.29, 1.82) is 0 Å². The summed E-state index contributed by atoms with van der Waals surface area (Å²) < 4.78 is 38.8. The lowest BCUT2D eigenvalue weighted by Gasteiger charge is -2.14. The molecule has 0 fully saturated rings. The highest BCUT2D eigenvalue weighted by Crippen LogP contribution is 2.30. The van der Waals surface area contributed by atoms with E-state index in [2.05, 4.69) is 0 Å². The Balaban J connectivity index is 3.22. The minimum absolute atomic E-state index is 0.378. The summed E-state index contributed by atoms with van der Waals surface area (Å²) in [6, 6.07) is 3.16. The molecule has 0 aliphatic carbocycles. The third-order valence-corrected chi connectivity index (χ3v) is 1.99. The number of rotatable bonds is 2. The molecular weight excluding hydrogens is 191 g/mol. The molecule has 0 bridgehead atoms. The average molecular weight is 203 g/mol. The Bertz CT molecular complexity index is 329. The molecule has 0 aliphatic rings. The van der Waals surface area contributed by atoms with E-state index >= 15 is 0 Å². The predicted octanol–water partition coefficient (Wildman–Crippen LogP) is 2.96. The van der Waals surface area contributed by atoms with Crippen LogP contribution in [0.2, 0.25) is 0 Å². The molecule has 0 saturated heterocycles. The summed E-state index contributed by atoms with van der Waals surface area (Å²) in [5.74, 6) is -4.07. The first-order valence-corrected chi connectivity index (χ1v) is 4.25. The van der Waals surface area contributed by atoms with Crippen LogP contribution in [0.4, 0.5) is 13.2 Å². The van der Waals surface area contributed by atoms with Gasteiger partial charge in [0.15, 0.2) is 0 Å². The van der Waals surface area contributed by atoms with Crippen LogP contribution < -0.4 is 5.73 Å². The van der Waals surface area contributed by atoms with Gasteiger partial charge in [-0.05, 0) is 24.6 Å². The molecule has 4 heteroatoms. The van der Waals surface area contributed by atoms with Crippen LogP contribution in [0.5, 0.6) is 0 Å². The molecule has 0 spiro atoms. The van der Waals surface area contributed by atoms with Crippen molar-refractivity contribution in [3.8, 4) is 0 Å². The number of nitrogens with two attached hydrogens (primary N) is 1. The summed E-state index contributed by atoms with van der Waals surface area (Å²) in [4.78, 5) is 0. The molecule has 2 N–H and O–H groups in total. The first-order chi connectivity index (χ1) is 6.32. The Morgan fingerprint density at radius 1 is 1.36 bits per heavy atom. The fourth-order valence-corrected chi connectivity index (χ4v) is 1.16. The molecule has 78 valence electrons. The highest BCUT2D eigenvalue weighted by atomic mass is 19.3. The highest BCUT2D eigenvalue weighted by Gasteiger charge is 2.28. The van der Waals surface area contributed by atoms with Gasteiger partial charge < -0.3 is 5.73 Å². The topological polar surface area (TPSA) is 26.0 Å². The van der Waals surface area contributed by atoms with Crippen LogP contribution in [-0.4, -0.2) is 0 Å². The Hall–Kier alpha value is -1.03. The van der Waals surface area contributed by atoms with Gasteiger partial charge in [-0.2, -0.15) is 0 Å². The zero-order valence-electron chi connectivity index (χ0n) is 8.02. The molecule has 1 aromatic rings. The second-order valence-corrected chi connectivity index (χ2v) is 3.42. The maximum absolute atomic E-state index is 13.0. The van der Waals surface area contributed by atoms with Gasteiger partial charge in [-0.15, -0.1) is 0 Å². The molecule has 1 atom stereocenters. The van der Waals surface area contributed by atoms with Gasteiger partial charge in [-0.1, -0.05) is 6.07 Å². The minimum Gasteiger partial charge on any atom is -0.324 e. The number of benzene rings is 1. The van der Waals surface area contributed by atoms with Gasteiger partial charge in [-0.25, -0.2) is 13.2 Å². The van der Waals surface area contributed by atoms with E-state index in [0.29, 0.717) is 12.5 Å². The third kappa shape index (κ3) is 2.26. The second-order valence-electron chi connectivity index (χ2n) is 3.42. The van der Waals surface area contributed by atoms with Gasteiger partial charge in [-0.3, -0.25) is 0 Å². The van der Waals surface area contributed by atoms with E-state index in [0.717, 1.165) is 12.1 Å². The third-order valence-electron chi connectivity index (χ3n) is 1.99. The highest BCUT2D eigenvalue weighted by molar-refractivity contribution is 5.29. The zero-order chi connectivity index (χ0) is 10.9. The summed E-state index contributed by atoms with van der Waals surface area (Å²) in [5.41, 5.74) is 5.41. The minimum atomic E-state index is -3.17. The average Bonchev–Trinajstić information content (AvgIpc) is 2.02. The summed E-state index contributed by atoms with van der Waals surface area (Å²) in [5, 5.41) is 0. The van der Waals surface area contributed by atoms with Gasteiger partial charge in [0.25, 0.3) is 5.92 Å². The fraction of sp³-hybridized carbons (Fsp3) is 0.400. The molecule has 0 heterocycles. The van der Waals surface area contributed by atoms with Crippen LogP contribution in [0.15, 0.2) is 18.2 Å². The van der Waals surface area contributed by atoms with Crippen LogP contribution in [0, 0.1) is 5.82 Å². The van der Waals surface area contributed by atoms with Crippen molar-refractivity contribution in [2.45, 2.75) is 25.8 Å². The van der Waals surface area contributed by atoms with E-state index in [-0.39, 0.29) is 6.04 Å². The maximum Gasteiger partial charge on any atom is 0.273 e. The summed E-state index contributed by atoms with van der Waals surface area (Å²) in [7, 11) is 0. The standard InChI is InChI=1S/C10H12F3N/c1-6(14)7-3-4-9(11)8(5-7)10(2,12)13/h3-6H,14H2,1-2H3/t6-/m1/s1. The number of hydrogen-bond acceptors (Lipinski definition) is 1. The van der Waals surface area contributed by atoms with Gasteiger partial charge >= 0.3 is 0 Å². The van der Waals surface area contributed by atoms with Crippen molar-refractivity contribution >= 4 is 0 Å². The Labute approximate surface area is 80.7 Å². The summed E-state index contributed by atoms with van der Waals surface area (Å²) in [6.45, 7) is 2.32. The lowest BCUT2D eigenvalue weighted by Crippen LogP contribution is -2.13. The molecule has 0 amide bonds. The fourth-order valence-electron chi connectivity index (χ4n) is 1.16. The van der Waals surface area contributed by atoms with Crippen molar-refractivity contribution < 1.29 is 13.2 Å². The van der Waals surface area contributed by atoms with E-state index in [1.807, 2.05) is 0 Å². The largest absolute Gasteiger partial charge is 0.324 e. The van der Waals surface area contributed by atoms with Gasteiger partial charge in [0.2, 0.25) is 0 Å². The second kappa shape index (κ2) is 3.61. The van der Waals surface area contributed by atoms with E-state index in [1.165, 1.54) is 6.07 Å². The van der Waals surface area contributed by atoms with Crippen molar-refractivity contribution in [3.05, 3.63) is 35.1 Å². The smallest absolute Gasteiger partial charge is 0.273 e. The zero-order valence-corrected chi connectivity index (χ0v) is 8.02. The lowest BCUT2D eigenvalue weighted by atomic mass is 10.0. The predicted molar refractivity (Wildman–Crippen MR) is 48.6 cm³/mol. The molecule has 0 radical (unpaired) electrons. The van der Waals surface area contributed by atoms with Gasteiger partial charge in [0.1, 0.15) is 5.82 Å². The van der Waals surface area contributed by atoms with Crippen molar-refractivity contribution in [2.24, 2.45) is 5.73 Å². The molecule has 1 rings (SSSR count). The summed E-state index contributed by atoms with van der Waals surface area (Å²) in [6.07, 6.45) is 0. The number of alkyl halides is 2. The number of halogens is 3. The molecule has 0 aliphatic heterocycles. The van der Waals surface area contributed by atoms with Crippen LogP contribution >= 0.6 is 0 Å². The van der Waals surface area contributed by atoms with Crippen LogP contribution in [-0.2, 0) is 5.92 Å². The first-order valence-electron chi connectivity index (χ1n) is 4.25.